The van der Waals surface area contributed by atoms with Crippen molar-refractivity contribution in [3.63, 3.8) is 0 Å². The SMILES string of the molecule is C=CCC1c2c(OC3CC4(C3)CN(C(=O)OCc3ccccc3)C4)ccnc2CCN1C(=O)OC(C)(C)C. The van der Waals surface area contributed by atoms with Crippen LogP contribution in [0.1, 0.15) is 62.9 Å². The number of amides is 2. The van der Waals surface area contributed by atoms with Crippen LogP contribution in [0.25, 0.3) is 0 Å². The zero-order chi connectivity index (χ0) is 26.9. The van der Waals surface area contributed by atoms with Crippen LogP contribution >= 0.6 is 0 Å². The third-order valence-electron chi connectivity index (χ3n) is 7.48. The van der Waals surface area contributed by atoms with Gasteiger partial charge in [-0.2, -0.15) is 0 Å². The van der Waals surface area contributed by atoms with Crippen molar-refractivity contribution in [2.75, 3.05) is 19.6 Å². The Labute approximate surface area is 224 Å². The molecule has 38 heavy (non-hydrogen) atoms. The fraction of sp³-hybridized carbons (Fsp3) is 0.500. The van der Waals surface area contributed by atoms with Crippen molar-refractivity contribution in [3.05, 3.63) is 72.1 Å². The van der Waals surface area contributed by atoms with Crippen LogP contribution < -0.4 is 4.74 Å². The second kappa shape index (κ2) is 10.3. The third kappa shape index (κ3) is 5.49. The lowest BCUT2D eigenvalue weighted by Gasteiger charge is -2.57. The molecule has 3 heterocycles. The van der Waals surface area contributed by atoms with Crippen LogP contribution in [0, 0.1) is 5.41 Å². The fourth-order valence-electron chi connectivity index (χ4n) is 5.77. The normalized spacial score (nSPS) is 20.1. The Kier molecular flexibility index (Phi) is 7.07. The van der Waals surface area contributed by atoms with Gasteiger partial charge in [-0.1, -0.05) is 36.4 Å². The first-order valence-electron chi connectivity index (χ1n) is 13.4. The molecule has 0 radical (unpaired) electrons. The molecule has 202 valence electrons. The third-order valence-corrected chi connectivity index (χ3v) is 7.48. The standard InChI is InChI=1S/C30H37N3O5/c1-5-9-24-26-23(13-15-33(24)28(35)38-29(2,3)4)31-14-12-25(26)37-22-16-30(17-22)19-32(20-30)27(34)36-18-21-10-7-6-8-11-21/h5-8,10-12,14,22,24H,1,9,13,15-20H2,2-4H3. The topological polar surface area (TPSA) is 81.2 Å². The average Bonchev–Trinajstić information content (AvgIpc) is 2.83. The second-order valence-corrected chi connectivity index (χ2v) is 11.7. The summed E-state index contributed by atoms with van der Waals surface area (Å²) in [5.41, 5.74) is 2.42. The first kappa shape index (κ1) is 26.1. The molecule has 8 heteroatoms. The zero-order valence-electron chi connectivity index (χ0n) is 22.5. The molecule has 2 fully saturated rings. The van der Waals surface area contributed by atoms with E-state index < -0.39 is 5.60 Å². The van der Waals surface area contributed by atoms with E-state index in [0.29, 0.717) is 32.5 Å². The van der Waals surface area contributed by atoms with Gasteiger partial charge in [-0.15, -0.1) is 6.58 Å². The maximum atomic E-state index is 13.0. The van der Waals surface area contributed by atoms with Crippen molar-refractivity contribution >= 4 is 12.2 Å². The van der Waals surface area contributed by atoms with Crippen molar-refractivity contribution < 1.29 is 23.8 Å². The quantitative estimate of drug-likeness (QED) is 0.458. The van der Waals surface area contributed by atoms with Gasteiger partial charge in [-0.05, 0) is 51.7 Å². The van der Waals surface area contributed by atoms with E-state index >= 15 is 0 Å². The van der Waals surface area contributed by atoms with E-state index in [1.54, 1.807) is 16.0 Å². The molecule has 8 nitrogen and oxygen atoms in total. The van der Waals surface area contributed by atoms with Gasteiger partial charge in [0.2, 0.25) is 0 Å². The molecule has 2 aromatic rings. The molecule has 1 aromatic carbocycles. The molecule has 2 aliphatic heterocycles. The number of benzene rings is 1. The summed E-state index contributed by atoms with van der Waals surface area (Å²) in [4.78, 5) is 33.6. The van der Waals surface area contributed by atoms with Gasteiger partial charge >= 0.3 is 12.2 Å². The van der Waals surface area contributed by atoms with Crippen LogP contribution in [0.5, 0.6) is 5.75 Å². The molecule has 1 saturated heterocycles. The maximum Gasteiger partial charge on any atom is 0.410 e. The first-order valence-corrected chi connectivity index (χ1v) is 13.4. The van der Waals surface area contributed by atoms with Crippen molar-refractivity contribution in [3.8, 4) is 5.75 Å². The highest BCUT2D eigenvalue weighted by Crippen LogP contribution is 2.50. The summed E-state index contributed by atoms with van der Waals surface area (Å²) in [7, 11) is 0. The highest BCUT2D eigenvalue weighted by atomic mass is 16.6. The van der Waals surface area contributed by atoms with Crippen LogP contribution in [0.3, 0.4) is 0 Å². The van der Waals surface area contributed by atoms with E-state index in [1.165, 1.54) is 0 Å². The van der Waals surface area contributed by atoms with Gasteiger partial charge in [0.15, 0.2) is 0 Å². The lowest BCUT2D eigenvalue weighted by atomic mass is 9.62. The Hall–Kier alpha value is -3.55. The van der Waals surface area contributed by atoms with E-state index in [9.17, 15) is 9.59 Å². The lowest BCUT2D eigenvalue weighted by molar-refractivity contribution is -0.111. The van der Waals surface area contributed by atoms with Gasteiger partial charge in [0.25, 0.3) is 0 Å². The molecule has 5 rings (SSSR count). The number of likely N-dealkylation sites (tertiary alicyclic amines) is 1. The molecule has 1 atom stereocenters. The Balaban J connectivity index is 1.19. The van der Waals surface area contributed by atoms with Gasteiger partial charge in [0, 0.05) is 43.2 Å². The number of aromatic nitrogens is 1. The van der Waals surface area contributed by atoms with E-state index in [1.807, 2.05) is 63.2 Å². The first-order chi connectivity index (χ1) is 18.2. The molecular weight excluding hydrogens is 482 g/mol. The largest absolute Gasteiger partial charge is 0.490 e. The van der Waals surface area contributed by atoms with Crippen LogP contribution in [-0.2, 0) is 22.5 Å². The van der Waals surface area contributed by atoms with Gasteiger partial charge in [-0.3, -0.25) is 4.98 Å². The minimum atomic E-state index is -0.574. The number of nitrogens with zero attached hydrogens (tertiary/aromatic N) is 3. The lowest BCUT2D eigenvalue weighted by Crippen LogP contribution is -2.65. The molecule has 1 saturated carbocycles. The summed E-state index contributed by atoms with van der Waals surface area (Å²) in [6, 6.07) is 11.4. The number of pyridine rings is 1. The number of hydrogen-bond acceptors (Lipinski definition) is 6. The maximum absolute atomic E-state index is 13.0. The molecule has 1 unspecified atom stereocenters. The minimum Gasteiger partial charge on any atom is -0.490 e. The number of ether oxygens (including phenoxy) is 3. The van der Waals surface area contributed by atoms with Crippen LogP contribution in [0.15, 0.2) is 55.3 Å². The average molecular weight is 520 g/mol. The molecule has 3 aliphatic rings. The highest BCUT2D eigenvalue weighted by molar-refractivity contribution is 5.70. The molecular formula is C30H37N3O5. The summed E-state index contributed by atoms with van der Waals surface area (Å²) in [5, 5.41) is 0. The van der Waals surface area contributed by atoms with Crippen LogP contribution in [0.2, 0.25) is 0 Å². The smallest absolute Gasteiger partial charge is 0.410 e. The molecule has 0 bridgehead atoms. The van der Waals surface area contributed by atoms with E-state index in [4.69, 9.17) is 14.2 Å². The Morgan fingerprint density at radius 2 is 1.87 bits per heavy atom. The monoisotopic (exact) mass is 519 g/mol. The summed E-state index contributed by atoms with van der Waals surface area (Å²) in [6.07, 6.45) is 6.07. The number of rotatable bonds is 6. The molecule has 1 aromatic heterocycles. The summed E-state index contributed by atoms with van der Waals surface area (Å²) < 4.78 is 17.7. The van der Waals surface area contributed by atoms with Gasteiger partial charge in [0.05, 0.1) is 11.7 Å². The van der Waals surface area contributed by atoms with Crippen molar-refractivity contribution in [2.45, 2.75) is 70.8 Å². The number of carbonyl (C=O) groups excluding carboxylic acids is 2. The molecule has 2 amide bonds. The molecule has 0 N–H and O–H groups in total. The van der Waals surface area contributed by atoms with E-state index in [0.717, 1.165) is 35.4 Å². The van der Waals surface area contributed by atoms with E-state index in [-0.39, 0.29) is 36.4 Å². The number of hydrogen-bond donors (Lipinski definition) is 0. The predicted molar refractivity (Wildman–Crippen MR) is 143 cm³/mol. The van der Waals surface area contributed by atoms with Crippen LogP contribution in [0.4, 0.5) is 9.59 Å². The van der Waals surface area contributed by atoms with Crippen molar-refractivity contribution in [1.29, 1.82) is 0 Å². The molecule has 1 aliphatic carbocycles. The van der Waals surface area contributed by atoms with Crippen molar-refractivity contribution in [2.24, 2.45) is 5.41 Å². The zero-order valence-corrected chi connectivity index (χ0v) is 22.5. The van der Waals surface area contributed by atoms with Gasteiger partial charge in [0.1, 0.15) is 24.1 Å². The van der Waals surface area contributed by atoms with Crippen molar-refractivity contribution in [1.82, 2.24) is 14.8 Å². The van der Waals surface area contributed by atoms with E-state index in [2.05, 4.69) is 11.6 Å². The summed E-state index contributed by atoms with van der Waals surface area (Å²) >= 11 is 0. The minimum absolute atomic E-state index is 0.0604. The Morgan fingerprint density at radius 3 is 2.55 bits per heavy atom. The van der Waals surface area contributed by atoms with Gasteiger partial charge < -0.3 is 24.0 Å². The van der Waals surface area contributed by atoms with Gasteiger partial charge in [-0.25, -0.2) is 9.59 Å². The fourth-order valence-corrected chi connectivity index (χ4v) is 5.77. The highest BCUT2D eigenvalue weighted by Gasteiger charge is 2.55. The predicted octanol–water partition coefficient (Wildman–Crippen LogP) is 5.67. The summed E-state index contributed by atoms with van der Waals surface area (Å²) in [5.74, 6) is 0.772. The molecule has 1 spiro atoms. The van der Waals surface area contributed by atoms with Crippen LogP contribution in [-0.4, -0.2) is 58.3 Å². The second-order valence-electron chi connectivity index (χ2n) is 11.7. The summed E-state index contributed by atoms with van der Waals surface area (Å²) in [6.45, 7) is 11.8. The Morgan fingerprint density at radius 1 is 1.13 bits per heavy atom. The Bertz CT molecular complexity index is 1180. The number of carbonyl (C=O) groups is 2. The number of fused-ring (bicyclic) bond motifs is 1.